The minimum absolute atomic E-state index is 0.426. The normalized spacial score (nSPS) is 12.8. The first-order chi connectivity index (χ1) is 7.66. The van der Waals surface area contributed by atoms with E-state index in [1.54, 1.807) is 11.3 Å². The van der Waals surface area contributed by atoms with Gasteiger partial charge in [-0.3, -0.25) is 4.79 Å². The Morgan fingerprint density at radius 2 is 2.25 bits per heavy atom. The fourth-order valence-corrected chi connectivity index (χ4v) is 2.41. The predicted octanol–water partition coefficient (Wildman–Crippen LogP) is 1.64. The molecule has 0 saturated heterocycles. The molecule has 3 N–H and O–H groups in total. The average Bonchev–Trinajstić information content (AvgIpc) is 2.68. The highest BCUT2D eigenvalue weighted by atomic mass is 32.1. The molecule has 1 atom stereocenters. The van der Waals surface area contributed by atoms with Crippen LogP contribution in [0.25, 0.3) is 10.2 Å². The number of carboxylic acid groups (broad SMARTS) is 1. The second kappa shape index (κ2) is 4.59. The predicted molar refractivity (Wildman–Crippen MR) is 63.6 cm³/mol. The van der Waals surface area contributed by atoms with Gasteiger partial charge in [-0.05, 0) is 18.6 Å². The van der Waals surface area contributed by atoms with Crippen molar-refractivity contribution in [1.29, 1.82) is 0 Å². The Balaban J connectivity index is 2.07. The molecule has 0 saturated carbocycles. The van der Waals surface area contributed by atoms with Crippen LogP contribution < -0.4 is 5.73 Å². The summed E-state index contributed by atoms with van der Waals surface area (Å²) in [7, 11) is 0. The monoisotopic (exact) mass is 236 g/mol. The van der Waals surface area contributed by atoms with Crippen molar-refractivity contribution in [3.8, 4) is 0 Å². The molecule has 84 valence electrons. The van der Waals surface area contributed by atoms with Gasteiger partial charge in [0.25, 0.3) is 0 Å². The van der Waals surface area contributed by atoms with Gasteiger partial charge in [-0.15, -0.1) is 11.3 Å². The number of carbonyl (C=O) groups is 1. The van der Waals surface area contributed by atoms with Crippen molar-refractivity contribution >= 4 is 27.5 Å². The third kappa shape index (κ3) is 2.37. The first-order valence-electron chi connectivity index (χ1n) is 4.99. The first-order valence-corrected chi connectivity index (χ1v) is 5.81. The van der Waals surface area contributed by atoms with Crippen molar-refractivity contribution in [3.63, 3.8) is 0 Å². The van der Waals surface area contributed by atoms with Crippen LogP contribution in [0.2, 0.25) is 0 Å². The molecule has 1 aromatic heterocycles. The highest BCUT2D eigenvalue weighted by Crippen LogP contribution is 2.22. The molecule has 0 aliphatic heterocycles. The maximum atomic E-state index is 10.6. The van der Waals surface area contributed by atoms with E-state index in [0.717, 1.165) is 15.2 Å². The Labute approximate surface area is 96.7 Å². The number of fused-ring (bicyclic) bond motifs is 1. The Morgan fingerprint density at radius 1 is 1.50 bits per heavy atom. The molecule has 2 aromatic rings. The van der Waals surface area contributed by atoms with Gasteiger partial charge in [0, 0.05) is 6.42 Å². The number of aromatic nitrogens is 1. The summed E-state index contributed by atoms with van der Waals surface area (Å²) in [5.74, 6) is -0.957. The van der Waals surface area contributed by atoms with Gasteiger partial charge in [-0.1, -0.05) is 12.1 Å². The summed E-state index contributed by atoms with van der Waals surface area (Å²) in [5.41, 5.74) is 6.40. The van der Waals surface area contributed by atoms with Crippen LogP contribution in [-0.4, -0.2) is 22.1 Å². The Morgan fingerprint density at radius 3 is 2.94 bits per heavy atom. The van der Waals surface area contributed by atoms with Crippen molar-refractivity contribution in [2.45, 2.75) is 18.9 Å². The number of nitrogens with two attached hydrogens (primary N) is 1. The van der Waals surface area contributed by atoms with Gasteiger partial charge in [0.2, 0.25) is 0 Å². The number of carboxylic acids is 1. The van der Waals surface area contributed by atoms with Crippen LogP contribution in [-0.2, 0) is 11.2 Å². The Hall–Kier alpha value is -1.46. The number of rotatable bonds is 4. The van der Waals surface area contributed by atoms with Gasteiger partial charge in [0.1, 0.15) is 6.04 Å². The molecule has 0 amide bonds. The topological polar surface area (TPSA) is 76.2 Å². The number of para-hydroxylation sites is 1. The third-order valence-electron chi connectivity index (χ3n) is 2.32. The fraction of sp³-hybridized carbons (Fsp3) is 0.273. The van der Waals surface area contributed by atoms with Crippen LogP contribution in [0.15, 0.2) is 24.3 Å². The molecule has 0 radical (unpaired) electrons. The molecule has 4 nitrogen and oxygen atoms in total. The lowest BCUT2D eigenvalue weighted by molar-refractivity contribution is -0.138. The largest absolute Gasteiger partial charge is 0.480 e. The highest BCUT2D eigenvalue weighted by molar-refractivity contribution is 7.18. The summed E-state index contributed by atoms with van der Waals surface area (Å²) < 4.78 is 1.13. The highest BCUT2D eigenvalue weighted by Gasteiger charge is 2.12. The number of hydrogen-bond acceptors (Lipinski definition) is 4. The molecule has 0 fully saturated rings. The Kier molecular flexibility index (Phi) is 3.17. The molecule has 1 unspecified atom stereocenters. The zero-order chi connectivity index (χ0) is 11.5. The second-order valence-electron chi connectivity index (χ2n) is 3.56. The zero-order valence-electron chi connectivity index (χ0n) is 8.59. The molecular formula is C11H12N2O2S. The summed E-state index contributed by atoms with van der Waals surface area (Å²) in [6, 6.07) is 7.06. The van der Waals surface area contributed by atoms with Crippen molar-refractivity contribution in [2.75, 3.05) is 0 Å². The summed E-state index contributed by atoms with van der Waals surface area (Å²) in [5, 5.41) is 9.60. The molecule has 5 heteroatoms. The van der Waals surface area contributed by atoms with Crippen molar-refractivity contribution in [1.82, 2.24) is 4.98 Å². The zero-order valence-corrected chi connectivity index (χ0v) is 9.41. The third-order valence-corrected chi connectivity index (χ3v) is 3.42. The first kappa shape index (κ1) is 11.0. The molecule has 0 bridgehead atoms. The number of aliphatic carboxylic acids is 1. The molecule has 0 spiro atoms. The lowest BCUT2D eigenvalue weighted by Crippen LogP contribution is -2.30. The van der Waals surface area contributed by atoms with E-state index >= 15 is 0 Å². The van der Waals surface area contributed by atoms with Crippen LogP contribution >= 0.6 is 11.3 Å². The van der Waals surface area contributed by atoms with Gasteiger partial charge < -0.3 is 10.8 Å². The minimum atomic E-state index is -0.957. The molecule has 1 aromatic carbocycles. The summed E-state index contributed by atoms with van der Waals surface area (Å²) >= 11 is 1.59. The molecule has 1 heterocycles. The van der Waals surface area contributed by atoms with Crippen molar-refractivity contribution in [2.24, 2.45) is 5.73 Å². The second-order valence-corrected chi connectivity index (χ2v) is 4.67. The SMILES string of the molecule is NC(CCc1nc2ccccc2s1)C(=O)O. The molecule has 16 heavy (non-hydrogen) atoms. The number of hydrogen-bond donors (Lipinski definition) is 2. The van der Waals surface area contributed by atoms with Crippen molar-refractivity contribution < 1.29 is 9.90 Å². The summed E-state index contributed by atoms with van der Waals surface area (Å²) in [6.07, 6.45) is 1.04. The van der Waals surface area contributed by atoms with E-state index in [-0.39, 0.29) is 0 Å². The van der Waals surface area contributed by atoms with Gasteiger partial charge in [-0.2, -0.15) is 0 Å². The maximum Gasteiger partial charge on any atom is 0.320 e. The van der Waals surface area contributed by atoms with Crippen LogP contribution in [0.4, 0.5) is 0 Å². The van der Waals surface area contributed by atoms with Crippen LogP contribution in [0.3, 0.4) is 0 Å². The average molecular weight is 236 g/mol. The number of aryl methyl sites for hydroxylation is 1. The fourth-order valence-electron chi connectivity index (χ4n) is 1.43. The van der Waals surface area contributed by atoms with E-state index in [1.165, 1.54) is 0 Å². The van der Waals surface area contributed by atoms with Gasteiger partial charge in [-0.25, -0.2) is 4.98 Å². The standard InChI is InChI=1S/C11H12N2O2S/c12-7(11(14)15)5-6-10-13-8-3-1-2-4-9(8)16-10/h1-4,7H,5-6,12H2,(H,14,15). The number of thiazole rings is 1. The Bertz CT molecular complexity index is 476. The smallest absolute Gasteiger partial charge is 0.320 e. The lowest BCUT2D eigenvalue weighted by atomic mass is 10.2. The van der Waals surface area contributed by atoms with E-state index in [2.05, 4.69) is 4.98 Å². The van der Waals surface area contributed by atoms with Gasteiger partial charge >= 0.3 is 5.97 Å². The van der Waals surface area contributed by atoms with Crippen molar-refractivity contribution in [3.05, 3.63) is 29.3 Å². The summed E-state index contributed by atoms with van der Waals surface area (Å²) in [6.45, 7) is 0. The van der Waals surface area contributed by atoms with Crippen LogP contribution in [0.1, 0.15) is 11.4 Å². The van der Waals surface area contributed by atoms with E-state index in [4.69, 9.17) is 10.8 Å². The van der Waals surface area contributed by atoms with Gasteiger partial charge in [0.05, 0.1) is 15.2 Å². The van der Waals surface area contributed by atoms with E-state index in [0.29, 0.717) is 12.8 Å². The number of benzene rings is 1. The van der Waals surface area contributed by atoms with Crippen LogP contribution in [0.5, 0.6) is 0 Å². The quantitative estimate of drug-likeness (QED) is 0.846. The molecular weight excluding hydrogens is 224 g/mol. The van der Waals surface area contributed by atoms with E-state index < -0.39 is 12.0 Å². The summed E-state index contributed by atoms with van der Waals surface area (Å²) in [4.78, 5) is 15.0. The van der Waals surface area contributed by atoms with Gasteiger partial charge in [0.15, 0.2) is 0 Å². The lowest BCUT2D eigenvalue weighted by Gasteiger charge is -2.02. The van der Waals surface area contributed by atoms with E-state index in [1.807, 2.05) is 24.3 Å². The van der Waals surface area contributed by atoms with Crippen LogP contribution in [0, 0.1) is 0 Å². The molecule has 2 rings (SSSR count). The maximum absolute atomic E-state index is 10.6. The minimum Gasteiger partial charge on any atom is -0.480 e. The molecule has 0 aliphatic rings. The molecule has 0 aliphatic carbocycles. The number of nitrogens with zero attached hydrogens (tertiary/aromatic N) is 1. The van der Waals surface area contributed by atoms with E-state index in [9.17, 15) is 4.79 Å².